The molecule has 0 aromatic rings. The summed E-state index contributed by atoms with van der Waals surface area (Å²) in [7, 11) is 0. The molecule has 178 valence electrons. The standard InChI is InChI=1S/C24H48N2O4/c1-2-3-4-5-6-7-8-9-12-18-23(27)29-20-15-10-11-16-21-30-24(28)22(26)17-13-14-19-25/h22H,2-21,25-26H2,1H3/t22-/m0/s1. The third-order valence-corrected chi connectivity index (χ3v) is 5.30. The van der Waals surface area contributed by atoms with Crippen LogP contribution >= 0.6 is 0 Å². The summed E-state index contributed by atoms with van der Waals surface area (Å²) in [5.41, 5.74) is 11.2. The lowest BCUT2D eigenvalue weighted by atomic mass is 10.1. The Kier molecular flexibility index (Phi) is 21.7. The lowest BCUT2D eigenvalue weighted by Gasteiger charge is -2.11. The van der Waals surface area contributed by atoms with E-state index in [0.29, 0.717) is 32.6 Å². The first-order valence-corrected chi connectivity index (χ1v) is 12.4. The van der Waals surface area contributed by atoms with Gasteiger partial charge in [0, 0.05) is 6.42 Å². The summed E-state index contributed by atoms with van der Waals surface area (Å²) in [6.45, 7) is 3.75. The van der Waals surface area contributed by atoms with Gasteiger partial charge in [-0.2, -0.15) is 0 Å². The number of esters is 2. The predicted octanol–water partition coefficient (Wildman–Crippen LogP) is 5.01. The Morgan fingerprint density at radius 2 is 1.23 bits per heavy atom. The molecule has 0 aromatic carbocycles. The number of ether oxygens (including phenoxy) is 2. The number of nitrogens with two attached hydrogens (primary N) is 2. The summed E-state index contributed by atoms with van der Waals surface area (Å²) >= 11 is 0. The number of rotatable bonds is 22. The first-order valence-electron chi connectivity index (χ1n) is 12.4. The quantitative estimate of drug-likeness (QED) is 0.185. The van der Waals surface area contributed by atoms with Crippen LogP contribution < -0.4 is 11.5 Å². The third-order valence-electron chi connectivity index (χ3n) is 5.30. The van der Waals surface area contributed by atoms with E-state index < -0.39 is 6.04 Å². The second-order valence-electron chi connectivity index (χ2n) is 8.27. The molecule has 0 spiro atoms. The molecule has 0 saturated carbocycles. The van der Waals surface area contributed by atoms with E-state index in [4.69, 9.17) is 20.9 Å². The minimum Gasteiger partial charge on any atom is -0.466 e. The van der Waals surface area contributed by atoms with E-state index in [0.717, 1.165) is 51.4 Å². The molecule has 0 aliphatic carbocycles. The molecule has 30 heavy (non-hydrogen) atoms. The summed E-state index contributed by atoms with van der Waals surface area (Å²) in [6.07, 6.45) is 17.7. The maximum Gasteiger partial charge on any atom is 0.322 e. The average Bonchev–Trinajstić information content (AvgIpc) is 2.74. The van der Waals surface area contributed by atoms with Crippen LogP contribution in [0.25, 0.3) is 0 Å². The van der Waals surface area contributed by atoms with Gasteiger partial charge in [0.25, 0.3) is 0 Å². The highest BCUT2D eigenvalue weighted by Crippen LogP contribution is 2.11. The molecule has 0 aliphatic heterocycles. The van der Waals surface area contributed by atoms with E-state index in [2.05, 4.69) is 6.92 Å². The predicted molar refractivity (Wildman–Crippen MR) is 123 cm³/mol. The number of carbonyl (C=O) groups is 2. The Morgan fingerprint density at radius 1 is 0.700 bits per heavy atom. The summed E-state index contributed by atoms with van der Waals surface area (Å²) in [4.78, 5) is 23.4. The maximum atomic E-state index is 11.7. The van der Waals surface area contributed by atoms with Crippen LogP contribution in [0, 0.1) is 0 Å². The number of carbonyl (C=O) groups excluding carboxylic acids is 2. The molecule has 0 heterocycles. The summed E-state index contributed by atoms with van der Waals surface area (Å²) in [6, 6.07) is -0.540. The van der Waals surface area contributed by atoms with E-state index in [1.54, 1.807) is 0 Å². The van der Waals surface area contributed by atoms with Crippen molar-refractivity contribution in [2.75, 3.05) is 19.8 Å². The Morgan fingerprint density at radius 3 is 1.83 bits per heavy atom. The fraction of sp³-hybridized carbons (Fsp3) is 0.917. The third kappa shape index (κ3) is 20.1. The van der Waals surface area contributed by atoms with Gasteiger partial charge in [0.05, 0.1) is 13.2 Å². The second-order valence-corrected chi connectivity index (χ2v) is 8.27. The van der Waals surface area contributed by atoms with Crippen molar-refractivity contribution >= 4 is 11.9 Å². The van der Waals surface area contributed by atoms with Gasteiger partial charge in [-0.1, -0.05) is 64.7 Å². The molecule has 6 nitrogen and oxygen atoms in total. The zero-order chi connectivity index (χ0) is 22.3. The van der Waals surface area contributed by atoms with Crippen molar-refractivity contribution in [1.29, 1.82) is 0 Å². The van der Waals surface area contributed by atoms with Crippen molar-refractivity contribution in [3.05, 3.63) is 0 Å². The second kappa shape index (κ2) is 22.5. The lowest BCUT2D eigenvalue weighted by Crippen LogP contribution is -2.32. The molecular weight excluding hydrogens is 380 g/mol. The van der Waals surface area contributed by atoms with Crippen molar-refractivity contribution in [3.8, 4) is 0 Å². The van der Waals surface area contributed by atoms with Crippen molar-refractivity contribution in [1.82, 2.24) is 0 Å². The monoisotopic (exact) mass is 428 g/mol. The molecule has 4 N–H and O–H groups in total. The molecular formula is C24H48N2O4. The van der Waals surface area contributed by atoms with Crippen LogP contribution in [-0.4, -0.2) is 37.7 Å². The number of hydrogen-bond donors (Lipinski definition) is 2. The van der Waals surface area contributed by atoms with Crippen molar-refractivity contribution in [2.45, 2.75) is 122 Å². The van der Waals surface area contributed by atoms with Crippen LogP contribution in [0.2, 0.25) is 0 Å². The number of hydrogen-bond acceptors (Lipinski definition) is 6. The van der Waals surface area contributed by atoms with Crippen molar-refractivity contribution in [3.63, 3.8) is 0 Å². The van der Waals surface area contributed by atoms with Crippen LogP contribution in [0.1, 0.15) is 116 Å². The topological polar surface area (TPSA) is 105 Å². The average molecular weight is 429 g/mol. The fourth-order valence-corrected chi connectivity index (χ4v) is 3.30. The summed E-state index contributed by atoms with van der Waals surface area (Å²) in [5.74, 6) is -0.395. The van der Waals surface area contributed by atoms with E-state index in [1.807, 2.05) is 0 Å². The Bertz CT molecular complexity index is 405. The first kappa shape index (κ1) is 28.9. The molecule has 0 fully saturated rings. The minimum atomic E-state index is -0.540. The van der Waals surface area contributed by atoms with E-state index in [1.165, 1.54) is 44.9 Å². The zero-order valence-corrected chi connectivity index (χ0v) is 19.5. The molecule has 0 amide bonds. The molecule has 0 bridgehead atoms. The largest absolute Gasteiger partial charge is 0.466 e. The maximum absolute atomic E-state index is 11.7. The normalized spacial score (nSPS) is 12.0. The molecule has 1 atom stereocenters. The molecule has 0 aromatic heterocycles. The molecule has 0 saturated heterocycles. The SMILES string of the molecule is CCCCCCCCCCCC(=O)OCCCCCCOC(=O)[C@@H](N)CCCCN. The lowest BCUT2D eigenvalue weighted by molar-refractivity contribution is -0.146. The van der Waals surface area contributed by atoms with E-state index in [9.17, 15) is 9.59 Å². The summed E-state index contributed by atoms with van der Waals surface area (Å²) in [5, 5.41) is 0. The molecule has 6 heteroatoms. The fourth-order valence-electron chi connectivity index (χ4n) is 3.30. The van der Waals surface area contributed by atoms with Gasteiger partial charge in [0.1, 0.15) is 6.04 Å². The van der Waals surface area contributed by atoms with Crippen LogP contribution in [0.5, 0.6) is 0 Å². The van der Waals surface area contributed by atoms with E-state index >= 15 is 0 Å². The van der Waals surface area contributed by atoms with Crippen LogP contribution in [-0.2, 0) is 19.1 Å². The minimum absolute atomic E-state index is 0.0736. The van der Waals surface area contributed by atoms with Gasteiger partial charge in [-0.3, -0.25) is 9.59 Å². The highest BCUT2D eigenvalue weighted by Gasteiger charge is 2.13. The van der Waals surface area contributed by atoms with Crippen LogP contribution in [0.15, 0.2) is 0 Å². The van der Waals surface area contributed by atoms with Crippen molar-refractivity contribution in [2.24, 2.45) is 11.5 Å². The first-order chi connectivity index (χ1) is 14.6. The molecule has 0 aliphatic rings. The Hall–Kier alpha value is -1.14. The van der Waals surface area contributed by atoms with Gasteiger partial charge in [0.2, 0.25) is 0 Å². The van der Waals surface area contributed by atoms with Crippen LogP contribution in [0.4, 0.5) is 0 Å². The van der Waals surface area contributed by atoms with E-state index in [-0.39, 0.29) is 11.9 Å². The van der Waals surface area contributed by atoms with Crippen molar-refractivity contribution < 1.29 is 19.1 Å². The Balaban J connectivity index is 3.34. The van der Waals surface area contributed by atoms with Gasteiger partial charge in [0.15, 0.2) is 0 Å². The highest BCUT2D eigenvalue weighted by atomic mass is 16.5. The van der Waals surface area contributed by atoms with Gasteiger partial charge < -0.3 is 20.9 Å². The smallest absolute Gasteiger partial charge is 0.322 e. The zero-order valence-electron chi connectivity index (χ0n) is 19.5. The summed E-state index contributed by atoms with van der Waals surface area (Å²) < 4.78 is 10.5. The van der Waals surface area contributed by atoms with Gasteiger partial charge >= 0.3 is 11.9 Å². The van der Waals surface area contributed by atoms with Gasteiger partial charge in [-0.05, 0) is 51.5 Å². The van der Waals surface area contributed by atoms with Gasteiger partial charge in [-0.15, -0.1) is 0 Å². The van der Waals surface area contributed by atoms with Crippen LogP contribution in [0.3, 0.4) is 0 Å². The highest BCUT2D eigenvalue weighted by molar-refractivity contribution is 5.75. The molecule has 0 rings (SSSR count). The Labute approximate surface area is 184 Å². The molecule has 0 radical (unpaired) electrons. The van der Waals surface area contributed by atoms with Gasteiger partial charge in [-0.25, -0.2) is 0 Å². The number of unbranched alkanes of at least 4 members (excludes halogenated alkanes) is 12. The molecule has 0 unspecified atom stereocenters.